The molecule has 3 aliphatic heterocycles. The van der Waals surface area contributed by atoms with Crippen molar-refractivity contribution >= 4 is 29.9 Å². The summed E-state index contributed by atoms with van der Waals surface area (Å²) in [5.74, 6) is 1.02. The van der Waals surface area contributed by atoms with Crippen LogP contribution >= 0.6 is 24.0 Å². The van der Waals surface area contributed by atoms with Gasteiger partial charge >= 0.3 is 0 Å². The minimum absolute atomic E-state index is 0. The predicted octanol–water partition coefficient (Wildman–Crippen LogP) is 1.59. The van der Waals surface area contributed by atoms with Crippen LogP contribution in [0.25, 0.3) is 0 Å². The fraction of sp³-hybridized carbons (Fsp3) is 0.947. The molecule has 0 aliphatic carbocycles. The molecule has 7 heteroatoms. The molecular formula is C19H38IN5O. The van der Waals surface area contributed by atoms with E-state index in [1.807, 2.05) is 7.05 Å². The van der Waals surface area contributed by atoms with Crippen molar-refractivity contribution in [1.29, 1.82) is 0 Å². The number of likely N-dealkylation sites (tertiary alicyclic amines) is 3. The number of nitrogens with zero attached hydrogens (tertiary/aromatic N) is 4. The Balaban J connectivity index is 0.00000243. The highest BCUT2D eigenvalue weighted by Crippen LogP contribution is 2.31. The number of rotatable bonds is 3. The molecule has 3 heterocycles. The summed E-state index contributed by atoms with van der Waals surface area (Å²) in [6, 6.07) is 0. The molecule has 2 N–H and O–H groups in total. The molecule has 0 spiro atoms. The second kappa shape index (κ2) is 10.4. The summed E-state index contributed by atoms with van der Waals surface area (Å²) in [5, 5.41) is 13.5. The van der Waals surface area contributed by atoms with Crippen LogP contribution in [0.15, 0.2) is 4.99 Å². The highest BCUT2D eigenvalue weighted by molar-refractivity contribution is 14.0. The molecule has 0 aromatic heterocycles. The van der Waals surface area contributed by atoms with E-state index in [-0.39, 0.29) is 35.6 Å². The van der Waals surface area contributed by atoms with Crippen LogP contribution in [0.5, 0.6) is 0 Å². The van der Waals surface area contributed by atoms with Crippen molar-refractivity contribution in [2.75, 3.05) is 59.9 Å². The van der Waals surface area contributed by atoms with E-state index in [4.69, 9.17) is 0 Å². The first-order valence-corrected chi connectivity index (χ1v) is 10.2. The van der Waals surface area contributed by atoms with Crippen molar-refractivity contribution < 1.29 is 5.11 Å². The van der Waals surface area contributed by atoms with Gasteiger partial charge in [0.2, 0.25) is 0 Å². The number of aliphatic imine (C=N–C) groups is 1. The maximum Gasteiger partial charge on any atom is 0.193 e. The van der Waals surface area contributed by atoms with Crippen molar-refractivity contribution in [1.82, 2.24) is 20.0 Å². The van der Waals surface area contributed by atoms with Crippen LogP contribution in [0.1, 0.15) is 44.9 Å². The van der Waals surface area contributed by atoms with Gasteiger partial charge in [-0.25, -0.2) is 0 Å². The van der Waals surface area contributed by atoms with Gasteiger partial charge in [0, 0.05) is 32.2 Å². The van der Waals surface area contributed by atoms with E-state index < -0.39 is 0 Å². The van der Waals surface area contributed by atoms with Gasteiger partial charge in [-0.1, -0.05) is 6.42 Å². The highest BCUT2D eigenvalue weighted by Gasteiger charge is 2.40. The minimum Gasteiger partial charge on any atom is -0.393 e. The lowest BCUT2D eigenvalue weighted by Crippen LogP contribution is -2.62. The first-order valence-electron chi connectivity index (χ1n) is 10.2. The van der Waals surface area contributed by atoms with Crippen molar-refractivity contribution in [3.8, 4) is 0 Å². The van der Waals surface area contributed by atoms with Gasteiger partial charge in [-0.3, -0.25) is 9.89 Å². The maximum atomic E-state index is 9.75. The van der Waals surface area contributed by atoms with E-state index in [9.17, 15) is 5.11 Å². The normalized spacial score (nSPS) is 26.4. The quantitative estimate of drug-likeness (QED) is 0.366. The number of aliphatic hydroxyl groups excluding tert-OH is 1. The molecule has 3 rings (SSSR count). The summed E-state index contributed by atoms with van der Waals surface area (Å²) in [6.07, 6.45) is 8.12. The van der Waals surface area contributed by atoms with Crippen LogP contribution in [0.4, 0.5) is 0 Å². The molecule has 0 atom stereocenters. The topological polar surface area (TPSA) is 54.3 Å². The molecule has 0 aromatic rings. The fourth-order valence-electron chi connectivity index (χ4n) is 4.66. The minimum atomic E-state index is -0.136. The van der Waals surface area contributed by atoms with E-state index in [1.165, 1.54) is 58.3 Å². The van der Waals surface area contributed by atoms with E-state index >= 15 is 0 Å². The van der Waals surface area contributed by atoms with Gasteiger partial charge in [0.25, 0.3) is 0 Å². The summed E-state index contributed by atoms with van der Waals surface area (Å²) >= 11 is 0. The first kappa shape index (κ1) is 22.2. The summed E-state index contributed by atoms with van der Waals surface area (Å²) in [7, 11) is 4.13. The second-order valence-corrected chi connectivity index (χ2v) is 8.19. The van der Waals surface area contributed by atoms with Gasteiger partial charge in [-0.2, -0.15) is 0 Å². The molecule has 0 bridgehead atoms. The van der Waals surface area contributed by atoms with E-state index in [0.717, 1.165) is 38.4 Å². The lowest BCUT2D eigenvalue weighted by molar-refractivity contribution is 0.0166. The molecule has 0 unspecified atom stereocenters. The Hall–Kier alpha value is -0.120. The van der Waals surface area contributed by atoms with E-state index in [0.29, 0.717) is 0 Å². The number of hydrogen-bond acceptors (Lipinski definition) is 4. The Morgan fingerprint density at radius 1 is 1.04 bits per heavy atom. The largest absolute Gasteiger partial charge is 0.393 e. The molecule has 152 valence electrons. The van der Waals surface area contributed by atoms with Crippen LogP contribution in [0.3, 0.4) is 0 Å². The maximum absolute atomic E-state index is 9.75. The summed E-state index contributed by atoms with van der Waals surface area (Å²) in [4.78, 5) is 12.1. The van der Waals surface area contributed by atoms with Gasteiger partial charge < -0.3 is 20.2 Å². The third-order valence-corrected chi connectivity index (χ3v) is 6.50. The summed E-state index contributed by atoms with van der Waals surface area (Å²) in [6.45, 7) is 7.67. The van der Waals surface area contributed by atoms with Crippen LogP contribution < -0.4 is 5.32 Å². The Kier molecular flexibility index (Phi) is 8.90. The highest BCUT2D eigenvalue weighted by atomic mass is 127. The third kappa shape index (κ3) is 5.45. The molecule has 0 radical (unpaired) electrons. The van der Waals surface area contributed by atoms with E-state index in [1.54, 1.807) is 0 Å². The van der Waals surface area contributed by atoms with Crippen molar-refractivity contribution in [3.05, 3.63) is 0 Å². The van der Waals surface area contributed by atoms with E-state index in [2.05, 4.69) is 32.1 Å². The fourth-order valence-corrected chi connectivity index (χ4v) is 4.66. The number of aliphatic hydroxyl groups is 1. The van der Waals surface area contributed by atoms with Crippen LogP contribution in [-0.4, -0.2) is 97.3 Å². The molecule has 3 fully saturated rings. The summed E-state index contributed by atoms with van der Waals surface area (Å²) in [5.41, 5.74) is 0.276. The zero-order valence-electron chi connectivity index (χ0n) is 16.6. The standard InChI is InChI=1S/C19H37N5O.HI/c1-20-18(23-12-6-17(25)7-13-23)21-16-19(8-14-22(2)15-9-19)24-10-4-3-5-11-24;/h17,25H,3-16H2,1-2H3,(H,20,21);1H. The van der Waals surface area contributed by atoms with Crippen molar-refractivity contribution in [2.45, 2.75) is 56.6 Å². The van der Waals surface area contributed by atoms with Crippen LogP contribution in [0.2, 0.25) is 0 Å². The van der Waals surface area contributed by atoms with Gasteiger partial charge in [0.1, 0.15) is 0 Å². The average molecular weight is 479 g/mol. The van der Waals surface area contributed by atoms with Crippen LogP contribution in [-0.2, 0) is 0 Å². The molecular weight excluding hydrogens is 441 g/mol. The molecule has 0 aromatic carbocycles. The number of guanidine groups is 1. The molecule has 3 saturated heterocycles. The number of piperidine rings is 3. The predicted molar refractivity (Wildman–Crippen MR) is 118 cm³/mol. The number of halogens is 1. The van der Waals surface area contributed by atoms with Gasteiger partial charge in [-0.05, 0) is 71.8 Å². The van der Waals surface area contributed by atoms with Gasteiger partial charge in [-0.15, -0.1) is 24.0 Å². The number of hydrogen-bond donors (Lipinski definition) is 2. The van der Waals surface area contributed by atoms with Crippen molar-refractivity contribution in [3.63, 3.8) is 0 Å². The van der Waals surface area contributed by atoms with Crippen LogP contribution in [0, 0.1) is 0 Å². The molecule has 3 aliphatic rings. The van der Waals surface area contributed by atoms with Crippen molar-refractivity contribution in [2.24, 2.45) is 4.99 Å². The molecule has 26 heavy (non-hydrogen) atoms. The first-order chi connectivity index (χ1) is 12.1. The Bertz CT molecular complexity index is 439. The SMILES string of the molecule is CN=C(NCC1(N2CCCCC2)CCN(C)CC1)N1CCC(O)CC1.I. The molecule has 0 amide bonds. The third-order valence-electron chi connectivity index (χ3n) is 6.50. The molecule has 0 saturated carbocycles. The Labute approximate surface area is 176 Å². The van der Waals surface area contributed by atoms with Gasteiger partial charge in [0.05, 0.1) is 6.10 Å². The summed E-state index contributed by atoms with van der Waals surface area (Å²) < 4.78 is 0. The molecule has 6 nitrogen and oxygen atoms in total. The zero-order chi connectivity index (χ0) is 17.7. The average Bonchev–Trinajstić information content (AvgIpc) is 2.66. The smallest absolute Gasteiger partial charge is 0.193 e. The Morgan fingerprint density at radius 3 is 2.23 bits per heavy atom. The number of nitrogens with one attached hydrogen (secondary N) is 1. The lowest BCUT2D eigenvalue weighted by atomic mass is 9.84. The lowest BCUT2D eigenvalue weighted by Gasteiger charge is -2.50. The Morgan fingerprint density at radius 2 is 1.65 bits per heavy atom. The zero-order valence-corrected chi connectivity index (χ0v) is 19.0. The second-order valence-electron chi connectivity index (χ2n) is 8.19. The van der Waals surface area contributed by atoms with Gasteiger partial charge in [0.15, 0.2) is 5.96 Å². The monoisotopic (exact) mass is 479 g/mol.